The Hall–Kier alpha value is -1.19. The fourth-order valence-corrected chi connectivity index (χ4v) is 1.20. The second-order valence-corrected chi connectivity index (χ2v) is 3.61. The number of rotatable bonds is 1. The van der Waals surface area contributed by atoms with Crippen LogP contribution in [-0.2, 0) is 6.61 Å². The summed E-state index contributed by atoms with van der Waals surface area (Å²) in [6, 6.07) is 15.2. The van der Waals surface area contributed by atoms with Crippen molar-refractivity contribution in [3.8, 4) is 0 Å². The second kappa shape index (κ2) is 7.15. The Kier molecular flexibility index (Phi) is 5.66. The van der Waals surface area contributed by atoms with Crippen LogP contribution in [0.15, 0.2) is 59.3 Å². The van der Waals surface area contributed by atoms with E-state index in [2.05, 4.69) is 20.9 Å². The van der Waals surface area contributed by atoms with Gasteiger partial charge in [0.1, 0.15) is 4.60 Å². The van der Waals surface area contributed by atoms with Crippen molar-refractivity contribution in [2.24, 2.45) is 0 Å². The Morgan fingerprint density at radius 1 is 1.00 bits per heavy atom. The van der Waals surface area contributed by atoms with Crippen molar-refractivity contribution in [1.29, 1.82) is 0 Å². The summed E-state index contributed by atoms with van der Waals surface area (Å²) in [5, 5.41) is 8.54. The van der Waals surface area contributed by atoms with Gasteiger partial charge in [-0.2, -0.15) is 0 Å². The SMILES string of the molecule is Brc1ccccn1.OCc1ccccc1. The molecule has 0 saturated heterocycles. The lowest BCUT2D eigenvalue weighted by atomic mass is 10.2. The van der Waals surface area contributed by atoms with Gasteiger partial charge in [0, 0.05) is 6.20 Å². The van der Waals surface area contributed by atoms with Gasteiger partial charge in [-0.15, -0.1) is 0 Å². The first-order chi connectivity index (χ1) is 7.33. The topological polar surface area (TPSA) is 33.1 Å². The molecule has 1 N–H and O–H groups in total. The normalized spacial score (nSPS) is 8.93. The molecular weight excluding hydrogens is 254 g/mol. The molecule has 0 saturated carbocycles. The van der Waals surface area contributed by atoms with Crippen molar-refractivity contribution in [3.63, 3.8) is 0 Å². The number of aliphatic hydroxyl groups is 1. The Morgan fingerprint density at radius 2 is 1.67 bits per heavy atom. The molecule has 0 atom stereocenters. The maximum atomic E-state index is 8.54. The third-order valence-corrected chi connectivity index (χ3v) is 2.12. The molecule has 0 fully saturated rings. The summed E-state index contributed by atoms with van der Waals surface area (Å²) in [5.74, 6) is 0. The molecule has 0 aliphatic heterocycles. The van der Waals surface area contributed by atoms with E-state index >= 15 is 0 Å². The summed E-state index contributed by atoms with van der Waals surface area (Å²) in [6.07, 6.45) is 1.74. The zero-order valence-electron chi connectivity index (χ0n) is 8.18. The fraction of sp³-hybridized carbons (Fsp3) is 0.0833. The third kappa shape index (κ3) is 5.30. The van der Waals surface area contributed by atoms with Crippen LogP contribution in [0.4, 0.5) is 0 Å². The van der Waals surface area contributed by atoms with Crippen LogP contribution in [-0.4, -0.2) is 10.1 Å². The summed E-state index contributed by atoms with van der Waals surface area (Å²) in [6.45, 7) is 0.140. The molecule has 1 aromatic heterocycles. The number of aliphatic hydroxyl groups excluding tert-OH is 1. The van der Waals surface area contributed by atoms with Crippen LogP contribution in [0.3, 0.4) is 0 Å². The highest BCUT2D eigenvalue weighted by Crippen LogP contribution is 2.00. The summed E-state index contributed by atoms with van der Waals surface area (Å²) < 4.78 is 0.884. The average molecular weight is 266 g/mol. The molecule has 0 aliphatic carbocycles. The molecule has 0 radical (unpaired) electrons. The molecule has 3 heteroatoms. The number of pyridine rings is 1. The number of hydrogen-bond acceptors (Lipinski definition) is 2. The highest BCUT2D eigenvalue weighted by atomic mass is 79.9. The largest absolute Gasteiger partial charge is 0.392 e. The highest BCUT2D eigenvalue weighted by molar-refractivity contribution is 9.10. The predicted molar refractivity (Wildman–Crippen MR) is 64.3 cm³/mol. The first kappa shape index (κ1) is 11.9. The van der Waals surface area contributed by atoms with Gasteiger partial charge < -0.3 is 5.11 Å². The Morgan fingerprint density at radius 3 is 2.00 bits per heavy atom. The molecule has 0 amide bonds. The fourth-order valence-electron chi connectivity index (χ4n) is 0.925. The van der Waals surface area contributed by atoms with Crippen LogP contribution in [0.1, 0.15) is 5.56 Å². The van der Waals surface area contributed by atoms with Gasteiger partial charge in [0.05, 0.1) is 6.61 Å². The van der Waals surface area contributed by atoms with E-state index in [4.69, 9.17) is 5.11 Å². The summed E-state index contributed by atoms with van der Waals surface area (Å²) >= 11 is 3.20. The molecule has 1 aromatic carbocycles. The molecule has 15 heavy (non-hydrogen) atoms. The summed E-state index contributed by atoms with van der Waals surface area (Å²) in [7, 11) is 0. The van der Waals surface area contributed by atoms with E-state index in [1.165, 1.54) is 0 Å². The molecule has 0 spiro atoms. The van der Waals surface area contributed by atoms with Gasteiger partial charge in [0.15, 0.2) is 0 Å². The van der Waals surface area contributed by atoms with E-state index in [0.717, 1.165) is 10.2 Å². The van der Waals surface area contributed by atoms with Crippen LogP contribution >= 0.6 is 15.9 Å². The second-order valence-electron chi connectivity index (χ2n) is 2.80. The van der Waals surface area contributed by atoms with Crippen LogP contribution in [0.2, 0.25) is 0 Å². The number of halogens is 1. The van der Waals surface area contributed by atoms with Crippen molar-refractivity contribution in [2.45, 2.75) is 6.61 Å². The Bertz CT molecular complexity index is 364. The monoisotopic (exact) mass is 265 g/mol. The lowest BCUT2D eigenvalue weighted by Crippen LogP contribution is -1.77. The lowest BCUT2D eigenvalue weighted by molar-refractivity contribution is 0.282. The van der Waals surface area contributed by atoms with Gasteiger partial charge in [-0.25, -0.2) is 4.98 Å². The van der Waals surface area contributed by atoms with E-state index < -0.39 is 0 Å². The minimum Gasteiger partial charge on any atom is -0.392 e. The van der Waals surface area contributed by atoms with Crippen LogP contribution < -0.4 is 0 Å². The zero-order valence-corrected chi connectivity index (χ0v) is 9.76. The average Bonchev–Trinajstić information content (AvgIpc) is 2.32. The molecule has 78 valence electrons. The number of aromatic nitrogens is 1. The first-order valence-corrected chi connectivity index (χ1v) is 5.33. The molecular formula is C12H12BrNO. The third-order valence-electron chi connectivity index (χ3n) is 1.65. The molecule has 1 heterocycles. The van der Waals surface area contributed by atoms with Gasteiger partial charge in [-0.3, -0.25) is 0 Å². The first-order valence-electron chi connectivity index (χ1n) is 4.54. The van der Waals surface area contributed by atoms with Crippen molar-refractivity contribution in [3.05, 3.63) is 64.9 Å². The van der Waals surface area contributed by atoms with E-state index in [1.807, 2.05) is 48.5 Å². The number of nitrogens with zero attached hydrogens (tertiary/aromatic N) is 1. The van der Waals surface area contributed by atoms with E-state index in [9.17, 15) is 0 Å². The molecule has 2 aromatic rings. The minimum absolute atomic E-state index is 0.140. The zero-order chi connectivity index (χ0) is 10.9. The van der Waals surface area contributed by atoms with Crippen molar-refractivity contribution < 1.29 is 5.11 Å². The number of benzene rings is 1. The molecule has 0 unspecified atom stereocenters. The summed E-state index contributed by atoms with van der Waals surface area (Å²) in [4.78, 5) is 3.90. The van der Waals surface area contributed by atoms with Gasteiger partial charge in [0.2, 0.25) is 0 Å². The lowest BCUT2D eigenvalue weighted by Gasteiger charge is -1.89. The van der Waals surface area contributed by atoms with Crippen LogP contribution in [0.25, 0.3) is 0 Å². The highest BCUT2D eigenvalue weighted by Gasteiger charge is 1.81. The van der Waals surface area contributed by atoms with E-state index in [0.29, 0.717) is 0 Å². The molecule has 0 aliphatic rings. The Labute approximate surface area is 97.7 Å². The van der Waals surface area contributed by atoms with Gasteiger partial charge in [0.25, 0.3) is 0 Å². The van der Waals surface area contributed by atoms with Crippen molar-refractivity contribution in [1.82, 2.24) is 4.98 Å². The van der Waals surface area contributed by atoms with Gasteiger partial charge >= 0.3 is 0 Å². The van der Waals surface area contributed by atoms with Gasteiger partial charge in [-0.1, -0.05) is 36.4 Å². The standard InChI is InChI=1S/C7H8O.C5H4BrN/c8-6-7-4-2-1-3-5-7;6-5-3-1-2-4-7-5/h1-5,8H,6H2;1-4H. The summed E-state index contributed by atoms with van der Waals surface area (Å²) in [5.41, 5.74) is 0.965. The molecule has 0 bridgehead atoms. The maximum absolute atomic E-state index is 8.54. The van der Waals surface area contributed by atoms with Crippen LogP contribution in [0, 0.1) is 0 Å². The van der Waals surface area contributed by atoms with E-state index in [-0.39, 0.29) is 6.61 Å². The molecule has 2 nitrogen and oxygen atoms in total. The minimum atomic E-state index is 0.140. The smallest absolute Gasteiger partial charge is 0.106 e. The van der Waals surface area contributed by atoms with Crippen molar-refractivity contribution >= 4 is 15.9 Å². The van der Waals surface area contributed by atoms with Gasteiger partial charge in [-0.05, 0) is 33.6 Å². The predicted octanol–water partition coefficient (Wildman–Crippen LogP) is 3.02. The quantitative estimate of drug-likeness (QED) is 0.805. The maximum Gasteiger partial charge on any atom is 0.106 e. The van der Waals surface area contributed by atoms with E-state index in [1.54, 1.807) is 6.20 Å². The van der Waals surface area contributed by atoms with Crippen LogP contribution in [0.5, 0.6) is 0 Å². The Balaban J connectivity index is 0.000000151. The molecule has 2 rings (SSSR count). The van der Waals surface area contributed by atoms with Crippen molar-refractivity contribution in [2.75, 3.05) is 0 Å². The number of hydrogen-bond donors (Lipinski definition) is 1.